The van der Waals surface area contributed by atoms with Crippen LogP contribution in [0.15, 0.2) is 82.4 Å². The van der Waals surface area contributed by atoms with E-state index >= 15 is 0 Å². The van der Waals surface area contributed by atoms with E-state index in [0.717, 1.165) is 16.4 Å². The van der Waals surface area contributed by atoms with Gasteiger partial charge in [-0.1, -0.05) is 30.3 Å². The van der Waals surface area contributed by atoms with E-state index in [0.29, 0.717) is 22.5 Å². The summed E-state index contributed by atoms with van der Waals surface area (Å²) in [4.78, 5) is 49.1. The van der Waals surface area contributed by atoms with Crippen LogP contribution in [0.1, 0.15) is 17.0 Å². The molecule has 8 nitrogen and oxygen atoms in total. The summed E-state index contributed by atoms with van der Waals surface area (Å²) in [6.07, 6.45) is 5.07. The number of rotatable bonds is 1. The molecule has 166 valence electrons. The topological polar surface area (TPSA) is 127 Å². The number of aliphatic imine (C=N–C) groups is 1. The third-order valence-electron chi connectivity index (χ3n) is 5.76. The summed E-state index contributed by atoms with van der Waals surface area (Å²) >= 11 is 0. The van der Waals surface area contributed by atoms with Crippen LogP contribution in [0.4, 0.5) is 0 Å². The first-order chi connectivity index (χ1) is 16.5. The predicted octanol–water partition coefficient (Wildman–Crippen LogP) is 1.25. The number of carbonyl (C=O) groups is 3. The van der Waals surface area contributed by atoms with Gasteiger partial charge in [0.25, 0.3) is 11.6 Å². The number of allylic oxidation sites excluding steroid dienone is 4. The van der Waals surface area contributed by atoms with E-state index in [9.17, 15) is 19.5 Å². The maximum absolute atomic E-state index is 13.4. The third-order valence-corrected chi connectivity index (χ3v) is 5.76. The Labute approximate surface area is 210 Å². The number of nitrogens with zero attached hydrogens (tertiary/aromatic N) is 1. The maximum atomic E-state index is 13.4. The zero-order valence-electron chi connectivity index (χ0n) is 18.3. The number of fused-ring (bicyclic) bond motifs is 7. The fourth-order valence-corrected chi connectivity index (χ4v) is 4.16. The van der Waals surface area contributed by atoms with E-state index in [1.165, 1.54) is 6.08 Å². The molecule has 3 aliphatic heterocycles. The van der Waals surface area contributed by atoms with Crippen molar-refractivity contribution >= 4 is 46.9 Å². The first-order valence-electron chi connectivity index (χ1n) is 10.5. The second-order valence-electron chi connectivity index (χ2n) is 8.01. The number of hydrogen-bond acceptors (Lipinski definition) is 6. The van der Waals surface area contributed by atoms with E-state index in [4.69, 9.17) is 0 Å². The van der Waals surface area contributed by atoms with Crippen molar-refractivity contribution in [2.75, 3.05) is 0 Å². The number of aromatic amines is 2. The van der Waals surface area contributed by atoms with Crippen molar-refractivity contribution in [3.05, 3.63) is 105 Å². The van der Waals surface area contributed by atoms with E-state index in [1.54, 1.807) is 36.4 Å². The van der Waals surface area contributed by atoms with Crippen molar-refractivity contribution in [3.63, 3.8) is 0 Å². The molecular weight excluding hydrogens is 498 g/mol. The Morgan fingerprint density at radius 1 is 0.714 bits per heavy atom. The van der Waals surface area contributed by atoms with E-state index < -0.39 is 28.8 Å². The smallest absolute Gasteiger partial charge is 0.257 e. The van der Waals surface area contributed by atoms with Gasteiger partial charge in [0.15, 0.2) is 11.5 Å². The summed E-state index contributed by atoms with van der Waals surface area (Å²) in [6, 6.07) is 16.3. The van der Waals surface area contributed by atoms with Gasteiger partial charge in [0.05, 0.1) is 11.3 Å². The number of carbonyl (C=O) groups excluding carboxylic acids is 3. The van der Waals surface area contributed by atoms with Crippen molar-refractivity contribution in [1.29, 1.82) is 0 Å². The van der Waals surface area contributed by atoms with Crippen LogP contribution in [0.2, 0.25) is 0 Å². The van der Waals surface area contributed by atoms with Crippen molar-refractivity contribution in [2.24, 2.45) is 4.99 Å². The summed E-state index contributed by atoms with van der Waals surface area (Å²) in [5.74, 6) is -3.00. The Hall–Kier alpha value is -4.36. The Morgan fingerprint density at radius 3 is 2.14 bits per heavy atom. The van der Waals surface area contributed by atoms with Gasteiger partial charge in [-0.15, -0.1) is 0 Å². The van der Waals surface area contributed by atoms with Crippen LogP contribution in [0.25, 0.3) is 23.8 Å². The average molecular weight is 514 g/mol. The zero-order chi connectivity index (χ0) is 23.4. The number of aliphatic hydroxyl groups is 1. The second-order valence-corrected chi connectivity index (χ2v) is 8.01. The second kappa shape index (κ2) is 8.45. The molecule has 0 amide bonds. The van der Waals surface area contributed by atoms with Gasteiger partial charge in [-0.05, 0) is 48.1 Å². The quantitative estimate of drug-likeness (QED) is 0.288. The minimum absolute atomic E-state index is 0. The van der Waals surface area contributed by atoms with Crippen molar-refractivity contribution in [3.8, 4) is 0 Å². The van der Waals surface area contributed by atoms with Crippen molar-refractivity contribution in [1.82, 2.24) is 15.3 Å². The van der Waals surface area contributed by atoms with Gasteiger partial charge in [-0.3, -0.25) is 14.4 Å². The molecule has 0 aliphatic carbocycles. The van der Waals surface area contributed by atoms with Gasteiger partial charge in [0.1, 0.15) is 11.4 Å². The molecule has 9 heteroatoms. The minimum Gasteiger partial charge on any atom is -0.504 e. The molecule has 0 radical (unpaired) electrons. The zero-order valence-corrected chi connectivity index (χ0v) is 21.2. The number of aliphatic hydroxyl groups excluding tert-OH is 1. The summed E-state index contributed by atoms with van der Waals surface area (Å²) < 4.78 is 0. The molecule has 0 spiro atoms. The van der Waals surface area contributed by atoms with Crippen molar-refractivity contribution < 1.29 is 39.0 Å². The number of ketones is 3. The number of aromatic nitrogens is 2. The van der Waals surface area contributed by atoms with E-state index in [1.807, 2.05) is 30.3 Å². The molecule has 0 unspecified atom stereocenters. The summed E-state index contributed by atoms with van der Waals surface area (Å²) in [7, 11) is 0. The molecule has 3 aromatic rings. The molecule has 2 aromatic heterocycles. The maximum Gasteiger partial charge on any atom is 0.257 e. The summed E-state index contributed by atoms with van der Waals surface area (Å²) in [5, 5.41) is 15.4. The Bertz CT molecular complexity index is 1680. The van der Waals surface area contributed by atoms with Crippen LogP contribution in [0, 0.1) is 0 Å². The Morgan fingerprint density at radius 2 is 1.40 bits per heavy atom. The van der Waals surface area contributed by atoms with Gasteiger partial charge >= 0.3 is 0 Å². The number of Topliss-reactive ketones (excluding diaryl/α,β-unsaturated/α-hetero) is 3. The normalized spacial score (nSPS) is 16.9. The number of nitrogens with one attached hydrogen (secondary N) is 3. The first-order valence-corrected chi connectivity index (χ1v) is 10.5. The van der Waals surface area contributed by atoms with Crippen LogP contribution in [-0.4, -0.2) is 38.1 Å². The molecule has 3 aliphatic rings. The molecule has 6 rings (SSSR count). The van der Waals surface area contributed by atoms with Crippen LogP contribution in [0.3, 0.4) is 0 Å². The predicted molar refractivity (Wildman–Crippen MR) is 125 cm³/mol. The molecule has 0 fully saturated rings. The molecule has 35 heavy (non-hydrogen) atoms. The largest absolute Gasteiger partial charge is 0.504 e. The van der Waals surface area contributed by atoms with Crippen molar-refractivity contribution in [2.45, 2.75) is 0 Å². The molecular formula is C26H16N4O4Zn. The number of H-pyrrole nitrogens is 2. The Kier molecular flexibility index (Phi) is 5.42. The fourth-order valence-electron chi connectivity index (χ4n) is 4.16. The Balaban J connectivity index is 0.00000253. The third kappa shape index (κ3) is 3.76. The van der Waals surface area contributed by atoms with Crippen LogP contribution in [-0.2, 0) is 33.9 Å². The monoisotopic (exact) mass is 512 g/mol. The SMILES string of the molecule is O=C1C(=O)C2=NC1=Cc1ccc([nH]1)C=c1ccc([nH]1)=CC1=C(c3ccccc3)C(=O)C(=C2O)N1.[Zn]. The summed E-state index contributed by atoms with van der Waals surface area (Å²) in [5.41, 5.74) is 1.95. The van der Waals surface area contributed by atoms with Gasteiger partial charge < -0.3 is 20.4 Å². The molecule has 0 atom stereocenters. The molecule has 8 bridgehead atoms. The number of hydrogen-bond donors (Lipinski definition) is 4. The minimum atomic E-state index is -0.971. The average Bonchev–Trinajstić information content (AvgIpc) is 3.59. The molecule has 1 aromatic carbocycles. The summed E-state index contributed by atoms with van der Waals surface area (Å²) in [6.45, 7) is 0. The van der Waals surface area contributed by atoms with Gasteiger partial charge in [0, 0.05) is 41.6 Å². The van der Waals surface area contributed by atoms with Crippen LogP contribution >= 0.6 is 0 Å². The fraction of sp³-hybridized carbons (Fsp3) is 0. The van der Waals surface area contributed by atoms with Gasteiger partial charge in [0.2, 0.25) is 5.78 Å². The molecule has 4 N–H and O–H groups in total. The van der Waals surface area contributed by atoms with Crippen LogP contribution < -0.4 is 16.0 Å². The number of benzene rings is 1. The molecule has 0 saturated carbocycles. The molecule has 5 heterocycles. The standard InChI is InChI=1S/C26H16N4O4.Zn/c31-23-19-12-17-9-7-15(28-17)10-14-6-8-16(27-14)11-18-20(13-4-2-1-3-5-13)24(32)21(29-18)25(33)22(30-19)26(23)34;/h1-12,27-29,33H;. The van der Waals surface area contributed by atoms with Crippen LogP contribution in [0.5, 0.6) is 0 Å². The van der Waals surface area contributed by atoms with Gasteiger partial charge in [-0.25, -0.2) is 4.99 Å². The van der Waals surface area contributed by atoms with E-state index in [2.05, 4.69) is 20.3 Å². The molecule has 0 saturated heterocycles. The van der Waals surface area contributed by atoms with E-state index in [-0.39, 0.29) is 30.9 Å². The first kappa shape index (κ1) is 22.4. The van der Waals surface area contributed by atoms with Gasteiger partial charge in [-0.2, -0.15) is 0 Å².